The topological polar surface area (TPSA) is 77.3 Å². The molecule has 0 unspecified atom stereocenters. The third-order valence-electron chi connectivity index (χ3n) is 6.25. The van der Waals surface area contributed by atoms with Crippen LogP contribution >= 0.6 is 46.4 Å². The fourth-order valence-electron chi connectivity index (χ4n) is 5.05. The van der Waals surface area contributed by atoms with E-state index in [-0.39, 0.29) is 61.2 Å². The fraction of sp³-hybridized carbons (Fsp3) is 0.273. The van der Waals surface area contributed by atoms with Crippen LogP contribution in [0.5, 0.6) is 0 Å². The first-order chi connectivity index (χ1) is 20.1. The molecule has 0 aliphatic rings. The van der Waals surface area contributed by atoms with Gasteiger partial charge in [0, 0.05) is 11.1 Å². The Hall–Kier alpha value is -1.91. The second kappa shape index (κ2) is 18.4. The zero-order valence-electron chi connectivity index (χ0n) is 26.7. The van der Waals surface area contributed by atoms with Crippen LogP contribution in [0, 0.1) is 68.4 Å². The third-order valence-corrected chi connectivity index (χ3v) is 6.92. The number of aryl methyl sites for hydroxylation is 9. The summed E-state index contributed by atoms with van der Waals surface area (Å²) in [7, 11) is 0. The molecule has 0 aliphatic heterocycles. The van der Waals surface area contributed by atoms with Crippen molar-refractivity contribution in [2.45, 2.75) is 62.3 Å². The molecule has 0 bridgehead atoms. The normalized spacial score (nSPS) is 9.98. The molecule has 0 saturated heterocycles. The van der Waals surface area contributed by atoms with Crippen molar-refractivity contribution in [3.63, 3.8) is 0 Å². The van der Waals surface area contributed by atoms with Crippen LogP contribution in [0.4, 0.5) is 0 Å². The van der Waals surface area contributed by atoms with Crippen LogP contribution in [0.2, 0.25) is 21.1 Å². The van der Waals surface area contributed by atoms with Gasteiger partial charge >= 0.3 is 23.1 Å². The average molecular weight is 760 g/mol. The number of hydrogen-bond donors (Lipinski definition) is 0. The van der Waals surface area contributed by atoms with Gasteiger partial charge in [-0.2, -0.15) is 59.8 Å². The molecule has 0 amide bonds. The average Bonchev–Trinajstić information content (AvgIpc) is 2.81. The number of hydrogen-bond acceptors (Lipinski definition) is 6. The van der Waals surface area contributed by atoms with Gasteiger partial charge in [-0.05, 0) is 110 Å². The Morgan fingerprint density at radius 2 is 0.689 bits per heavy atom. The van der Waals surface area contributed by atoms with Crippen LogP contribution in [-0.2, 0) is 0 Å². The van der Waals surface area contributed by atoms with Gasteiger partial charge in [0.2, 0.25) is 21.1 Å². The SMILES string of the molecule is Cc1[c-]c(C)cc(C)c1.Cc1cc(C)c(-c2nc(Cl)nc(-c3c(C)cc(C)cc3C)n2)c(C)c1.Clc1nc(Cl)nc(Cl)n1.[Br-].[Mg+2]. The largest absolute Gasteiger partial charge is 2.00 e. The smallest absolute Gasteiger partial charge is 1.00 e. The van der Waals surface area contributed by atoms with Crippen molar-refractivity contribution in [2.24, 2.45) is 0 Å². The minimum absolute atomic E-state index is 0. The standard InChI is InChI=1S/C21H22ClN3.C9H11.C3Cl3N3.BrH.Mg/c1-11-7-13(3)17(14(4)8-11)19-23-20(25-21(22)24-19)18-15(5)9-12(2)10-16(18)6;1-7-4-8(2)6-9(3)5-7;4-1-7-2(5)9-3(6)8-1;;/h7-10H,1-6H3;4-5H,1-3H3;;1H;/q;-1;;;+2/p-1. The summed E-state index contributed by atoms with van der Waals surface area (Å²) in [6, 6.07) is 16.0. The molecule has 45 heavy (non-hydrogen) atoms. The number of halogens is 5. The van der Waals surface area contributed by atoms with Crippen LogP contribution in [0.15, 0.2) is 36.4 Å². The quantitative estimate of drug-likeness (QED) is 0.150. The Morgan fingerprint density at radius 1 is 0.422 bits per heavy atom. The second-order valence-corrected chi connectivity index (χ2v) is 11.8. The second-order valence-electron chi connectivity index (χ2n) is 10.5. The maximum Gasteiger partial charge on any atom is 2.00 e. The molecule has 0 saturated carbocycles. The Labute approximate surface area is 312 Å². The number of rotatable bonds is 2. The summed E-state index contributed by atoms with van der Waals surface area (Å²) in [6.07, 6.45) is 0. The van der Waals surface area contributed by atoms with Crippen LogP contribution in [-0.4, -0.2) is 53.0 Å². The molecular weight excluding hydrogens is 726 g/mol. The van der Waals surface area contributed by atoms with Gasteiger partial charge in [-0.15, -0.1) is 0 Å². The molecule has 2 heterocycles. The molecule has 5 rings (SSSR count). The zero-order chi connectivity index (χ0) is 32.0. The predicted molar refractivity (Wildman–Crippen MR) is 184 cm³/mol. The van der Waals surface area contributed by atoms with E-state index >= 15 is 0 Å². The van der Waals surface area contributed by atoms with Crippen molar-refractivity contribution in [3.05, 3.63) is 114 Å². The van der Waals surface area contributed by atoms with E-state index in [1.165, 1.54) is 27.8 Å². The molecule has 0 radical (unpaired) electrons. The van der Waals surface area contributed by atoms with Crippen molar-refractivity contribution in [1.29, 1.82) is 0 Å². The first kappa shape index (κ1) is 41.1. The van der Waals surface area contributed by atoms with Crippen LogP contribution < -0.4 is 17.0 Å². The van der Waals surface area contributed by atoms with E-state index in [2.05, 4.69) is 130 Å². The van der Waals surface area contributed by atoms with Gasteiger partial charge in [0.05, 0.1) is 0 Å². The van der Waals surface area contributed by atoms with Crippen molar-refractivity contribution in [2.75, 3.05) is 0 Å². The Balaban J connectivity index is 0.000000416. The molecule has 0 aliphatic carbocycles. The summed E-state index contributed by atoms with van der Waals surface area (Å²) >= 11 is 22.2. The summed E-state index contributed by atoms with van der Waals surface area (Å²) in [4.78, 5) is 23.9. The van der Waals surface area contributed by atoms with Gasteiger partial charge in [-0.25, -0.2) is 4.98 Å². The molecule has 232 valence electrons. The molecule has 12 heteroatoms. The molecule has 5 aromatic rings. The molecule has 0 atom stereocenters. The van der Waals surface area contributed by atoms with Gasteiger partial charge in [-0.1, -0.05) is 56.2 Å². The molecule has 0 N–H and O–H groups in total. The number of aromatic nitrogens is 6. The minimum Gasteiger partial charge on any atom is -1.00 e. The first-order valence-corrected chi connectivity index (χ1v) is 14.9. The molecule has 6 nitrogen and oxygen atoms in total. The van der Waals surface area contributed by atoms with E-state index in [9.17, 15) is 0 Å². The summed E-state index contributed by atoms with van der Waals surface area (Å²) in [5, 5.41) is 0.221. The molecule has 3 aromatic carbocycles. The predicted octanol–water partition coefficient (Wildman–Crippen LogP) is 6.58. The fourth-order valence-corrected chi connectivity index (χ4v) is 5.82. The maximum atomic E-state index is 6.26. The maximum absolute atomic E-state index is 6.26. The van der Waals surface area contributed by atoms with E-state index in [1.807, 2.05) is 0 Å². The molecule has 0 spiro atoms. The van der Waals surface area contributed by atoms with Gasteiger partial charge < -0.3 is 17.0 Å². The van der Waals surface area contributed by atoms with Crippen LogP contribution in [0.1, 0.15) is 50.1 Å². The van der Waals surface area contributed by atoms with Crippen molar-refractivity contribution in [1.82, 2.24) is 29.9 Å². The van der Waals surface area contributed by atoms with Gasteiger partial charge in [-0.3, -0.25) is 0 Å². The summed E-state index contributed by atoms with van der Waals surface area (Å²) in [6.45, 7) is 18.7. The van der Waals surface area contributed by atoms with Crippen LogP contribution in [0.3, 0.4) is 0 Å². The van der Waals surface area contributed by atoms with E-state index in [0.29, 0.717) is 11.6 Å². The summed E-state index contributed by atoms with van der Waals surface area (Å²) in [5.41, 5.74) is 12.9. The summed E-state index contributed by atoms with van der Waals surface area (Å²) < 4.78 is 0. The number of benzene rings is 3. The van der Waals surface area contributed by atoms with Crippen molar-refractivity contribution >= 4 is 69.5 Å². The van der Waals surface area contributed by atoms with Crippen molar-refractivity contribution in [3.8, 4) is 22.8 Å². The van der Waals surface area contributed by atoms with Gasteiger partial charge in [0.15, 0.2) is 11.6 Å². The van der Waals surface area contributed by atoms with Crippen LogP contribution in [0.25, 0.3) is 22.8 Å². The van der Waals surface area contributed by atoms with Crippen molar-refractivity contribution < 1.29 is 17.0 Å². The zero-order valence-corrected chi connectivity index (χ0v) is 32.8. The van der Waals surface area contributed by atoms with E-state index < -0.39 is 0 Å². The van der Waals surface area contributed by atoms with Gasteiger partial charge in [0.25, 0.3) is 0 Å². The molecule has 0 fully saturated rings. The van der Waals surface area contributed by atoms with Gasteiger partial charge in [0.1, 0.15) is 0 Å². The first-order valence-electron chi connectivity index (χ1n) is 13.4. The Kier molecular flexibility index (Phi) is 16.8. The third kappa shape index (κ3) is 12.3. The van der Waals surface area contributed by atoms with E-state index in [0.717, 1.165) is 33.4 Å². The molecular formula is C33H33BrCl4MgN6. The Bertz CT molecular complexity index is 1510. The van der Waals surface area contributed by atoms with E-state index in [4.69, 9.17) is 51.4 Å². The van der Waals surface area contributed by atoms with E-state index in [1.54, 1.807) is 0 Å². The Morgan fingerprint density at radius 3 is 0.978 bits per heavy atom. The monoisotopic (exact) mass is 756 g/mol. The summed E-state index contributed by atoms with van der Waals surface area (Å²) in [5.74, 6) is 1.26. The minimum atomic E-state index is 0. The molecule has 2 aromatic heterocycles. The number of nitrogens with zero attached hydrogens (tertiary/aromatic N) is 6.